The fourth-order valence-corrected chi connectivity index (χ4v) is 1.53. The molecule has 1 heterocycles. The van der Waals surface area contributed by atoms with Crippen LogP contribution in [0.25, 0.3) is 5.69 Å². The fourth-order valence-electron chi connectivity index (χ4n) is 1.24. The quantitative estimate of drug-likeness (QED) is 0.757. The molecule has 3 nitrogen and oxygen atoms in total. The molecule has 0 aliphatic rings. The molecule has 1 aromatic carbocycles. The smallest absolute Gasteiger partial charge is 0.168 e. The molecule has 0 N–H and O–H groups in total. The van der Waals surface area contributed by atoms with Gasteiger partial charge >= 0.3 is 0 Å². The van der Waals surface area contributed by atoms with E-state index in [1.54, 1.807) is 30.5 Å². The van der Waals surface area contributed by atoms with Gasteiger partial charge in [0.2, 0.25) is 0 Å². The predicted molar refractivity (Wildman–Crippen MR) is 59.0 cm³/mol. The van der Waals surface area contributed by atoms with Gasteiger partial charge in [0.1, 0.15) is 5.69 Å². The summed E-state index contributed by atoms with van der Waals surface area (Å²) in [5, 5.41) is 4.92. The average Bonchev–Trinajstić information content (AvgIpc) is 2.70. The Morgan fingerprint density at radius 2 is 2.00 bits per heavy atom. The molecule has 0 atom stereocenters. The van der Waals surface area contributed by atoms with Gasteiger partial charge in [-0.15, -0.1) is 0 Å². The van der Waals surface area contributed by atoms with Gasteiger partial charge in [0.05, 0.1) is 21.9 Å². The average molecular weight is 241 g/mol. The Labute approximate surface area is 96.2 Å². The molecule has 5 heteroatoms. The number of nitrogens with zero attached hydrogens (tertiary/aromatic N) is 2. The minimum absolute atomic E-state index is 0.432. The second-order valence-electron chi connectivity index (χ2n) is 2.88. The minimum atomic E-state index is 0.432. The van der Waals surface area contributed by atoms with Crippen molar-refractivity contribution in [2.75, 3.05) is 0 Å². The number of hydrogen-bond acceptors (Lipinski definition) is 2. The molecular weight excluding hydrogens is 235 g/mol. The fraction of sp³-hybridized carbons (Fsp3) is 0. The van der Waals surface area contributed by atoms with Gasteiger partial charge in [-0.05, 0) is 24.3 Å². The highest BCUT2D eigenvalue weighted by Gasteiger charge is 2.05. The van der Waals surface area contributed by atoms with Crippen LogP contribution < -0.4 is 0 Å². The number of aldehydes is 1. The van der Waals surface area contributed by atoms with Crippen LogP contribution in [0.2, 0.25) is 10.0 Å². The van der Waals surface area contributed by atoms with E-state index in [4.69, 9.17) is 23.2 Å². The van der Waals surface area contributed by atoms with Crippen molar-refractivity contribution in [3.8, 4) is 5.69 Å². The van der Waals surface area contributed by atoms with Gasteiger partial charge in [0.15, 0.2) is 6.29 Å². The van der Waals surface area contributed by atoms with E-state index in [9.17, 15) is 4.79 Å². The van der Waals surface area contributed by atoms with Crippen LogP contribution in [0.15, 0.2) is 30.5 Å². The Morgan fingerprint density at radius 3 is 2.67 bits per heavy atom. The minimum Gasteiger partial charge on any atom is -0.296 e. The number of carbonyl (C=O) groups is 1. The zero-order chi connectivity index (χ0) is 10.8. The van der Waals surface area contributed by atoms with Crippen molar-refractivity contribution in [2.24, 2.45) is 0 Å². The molecule has 15 heavy (non-hydrogen) atoms. The lowest BCUT2D eigenvalue weighted by molar-refractivity contribution is 0.111. The summed E-state index contributed by atoms with van der Waals surface area (Å²) in [6, 6.07) is 6.68. The Balaban J connectivity index is 2.54. The Bertz CT molecular complexity index is 508. The first kappa shape index (κ1) is 10.2. The summed E-state index contributed by atoms with van der Waals surface area (Å²) >= 11 is 11.6. The van der Waals surface area contributed by atoms with Crippen LogP contribution in [0.5, 0.6) is 0 Å². The van der Waals surface area contributed by atoms with E-state index in [0.717, 1.165) is 6.29 Å². The van der Waals surface area contributed by atoms with Crippen molar-refractivity contribution >= 4 is 29.5 Å². The lowest BCUT2D eigenvalue weighted by Crippen LogP contribution is -2.00. The number of aromatic nitrogens is 2. The van der Waals surface area contributed by atoms with Gasteiger partial charge < -0.3 is 0 Å². The van der Waals surface area contributed by atoms with Crippen LogP contribution in [0.3, 0.4) is 0 Å². The third-order valence-electron chi connectivity index (χ3n) is 1.94. The van der Waals surface area contributed by atoms with E-state index < -0.39 is 0 Å². The molecule has 0 fully saturated rings. The van der Waals surface area contributed by atoms with E-state index in [0.29, 0.717) is 21.4 Å². The van der Waals surface area contributed by atoms with Crippen LogP contribution in [0, 0.1) is 0 Å². The zero-order valence-electron chi connectivity index (χ0n) is 7.52. The van der Waals surface area contributed by atoms with Crippen molar-refractivity contribution in [3.05, 3.63) is 46.2 Å². The lowest BCUT2D eigenvalue weighted by atomic mass is 10.3. The van der Waals surface area contributed by atoms with E-state index >= 15 is 0 Å². The third kappa shape index (κ3) is 1.89. The van der Waals surface area contributed by atoms with Crippen LogP contribution in [-0.2, 0) is 0 Å². The monoisotopic (exact) mass is 240 g/mol. The highest BCUT2D eigenvalue weighted by molar-refractivity contribution is 6.42. The maximum Gasteiger partial charge on any atom is 0.168 e. The first-order chi connectivity index (χ1) is 7.22. The standard InChI is InChI=1S/C10H6Cl2N2O/c11-9-2-1-7(5-10(9)12)14-8(6-15)3-4-13-14/h1-6H. The maximum absolute atomic E-state index is 10.7. The molecule has 0 aliphatic carbocycles. The zero-order valence-corrected chi connectivity index (χ0v) is 9.03. The normalized spacial score (nSPS) is 10.3. The van der Waals surface area contributed by atoms with Gasteiger partial charge in [-0.25, -0.2) is 4.68 Å². The molecule has 0 amide bonds. The molecule has 0 spiro atoms. The molecule has 0 saturated heterocycles. The predicted octanol–water partition coefficient (Wildman–Crippen LogP) is 2.99. The maximum atomic E-state index is 10.7. The Kier molecular flexibility index (Phi) is 2.75. The van der Waals surface area contributed by atoms with Crippen molar-refractivity contribution < 1.29 is 4.79 Å². The number of rotatable bonds is 2. The van der Waals surface area contributed by atoms with Crippen LogP contribution >= 0.6 is 23.2 Å². The molecule has 0 bridgehead atoms. The van der Waals surface area contributed by atoms with Crippen LogP contribution in [0.4, 0.5) is 0 Å². The van der Waals surface area contributed by atoms with Gasteiger partial charge in [-0.3, -0.25) is 4.79 Å². The number of benzene rings is 1. The van der Waals surface area contributed by atoms with E-state index in [1.165, 1.54) is 4.68 Å². The largest absolute Gasteiger partial charge is 0.296 e. The summed E-state index contributed by atoms with van der Waals surface area (Å²) in [6.45, 7) is 0. The van der Waals surface area contributed by atoms with Crippen molar-refractivity contribution in [1.29, 1.82) is 0 Å². The van der Waals surface area contributed by atoms with Crippen LogP contribution in [-0.4, -0.2) is 16.1 Å². The first-order valence-electron chi connectivity index (χ1n) is 4.17. The summed E-state index contributed by atoms with van der Waals surface area (Å²) in [6.07, 6.45) is 2.28. The summed E-state index contributed by atoms with van der Waals surface area (Å²) in [5.74, 6) is 0. The van der Waals surface area contributed by atoms with E-state index in [2.05, 4.69) is 5.10 Å². The van der Waals surface area contributed by atoms with Crippen molar-refractivity contribution in [3.63, 3.8) is 0 Å². The van der Waals surface area contributed by atoms with Crippen molar-refractivity contribution in [2.45, 2.75) is 0 Å². The second kappa shape index (κ2) is 4.04. The molecule has 0 aliphatic heterocycles. The summed E-state index contributed by atoms with van der Waals surface area (Å²) in [5.41, 5.74) is 1.17. The third-order valence-corrected chi connectivity index (χ3v) is 2.68. The van der Waals surface area contributed by atoms with Crippen molar-refractivity contribution in [1.82, 2.24) is 9.78 Å². The van der Waals surface area contributed by atoms with Gasteiger partial charge in [0, 0.05) is 0 Å². The highest BCUT2D eigenvalue weighted by atomic mass is 35.5. The first-order valence-corrected chi connectivity index (χ1v) is 4.92. The van der Waals surface area contributed by atoms with E-state index in [-0.39, 0.29) is 0 Å². The Morgan fingerprint density at radius 1 is 1.20 bits per heavy atom. The van der Waals surface area contributed by atoms with Gasteiger partial charge in [0.25, 0.3) is 0 Å². The number of carbonyl (C=O) groups excluding carboxylic acids is 1. The summed E-state index contributed by atoms with van der Waals surface area (Å²) in [4.78, 5) is 10.7. The summed E-state index contributed by atoms with van der Waals surface area (Å²) in [7, 11) is 0. The Hall–Kier alpha value is -1.32. The number of halogens is 2. The van der Waals surface area contributed by atoms with Crippen LogP contribution in [0.1, 0.15) is 10.5 Å². The molecule has 2 rings (SSSR count). The molecular formula is C10H6Cl2N2O. The molecule has 76 valence electrons. The highest BCUT2D eigenvalue weighted by Crippen LogP contribution is 2.24. The molecule has 0 radical (unpaired) electrons. The number of hydrogen-bond donors (Lipinski definition) is 0. The molecule has 0 unspecified atom stereocenters. The topological polar surface area (TPSA) is 34.9 Å². The molecule has 2 aromatic rings. The molecule has 0 saturated carbocycles. The second-order valence-corrected chi connectivity index (χ2v) is 3.70. The lowest BCUT2D eigenvalue weighted by Gasteiger charge is -2.04. The van der Waals surface area contributed by atoms with E-state index in [1.807, 2.05) is 0 Å². The SMILES string of the molecule is O=Cc1ccnn1-c1ccc(Cl)c(Cl)c1. The van der Waals surface area contributed by atoms with Gasteiger partial charge in [-0.1, -0.05) is 23.2 Å². The van der Waals surface area contributed by atoms with Gasteiger partial charge in [-0.2, -0.15) is 5.10 Å². The summed E-state index contributed by atoms with van der Waals surface area (Å²) < 4.78 is 1.50. The molecule has 1 aromatic heterocycles.